The highest BCUT2D eigenvalue weighted by Crippen LogP contribution is 1.96. The molecule has 0 aromatic rings. The molecule has 2 N–H and O–H groups in total. The molecule has 0 saturated heterocycles. The average molecular weight is 258 g/mol. The maximum Gasteiger partial charge on any atom is 0.251 e. The number of halogens is 2. The molecule has 7 heteroatoms. The van der Waals surface area contributed by atoms with E-state index in [9.17, 15) is 17.2 Å². The molecule has 98 valence electrons. The van der Waals surface area contributed by atoms with Crippen LogP contribution in [0.15, 0.2) is 0 Å². The summed E-state index contributed by atoms with van der Waals surface area (Å²) in [5, 5.41) is 3.15. The Morgan fingerprint density at radius 2 is 1.81 bits per heavy atom. The molecule has 0 aromatic carbocycles. The van der Waals surface area contributed by atoms with Gasteiger partial charge in [-0.3, -0.25) is 0 Å². The maximum atomic E-state index is 11.8. The Bertz CT molecular complexity index is 269. The van der Waals surface area contributed by atoms with Gasteiger partial charge in [-0.05, 0) is 19.4 Å². The van der Waals surface area contributed by atoms with Crippen LogP contribution in [0.1, 0.15) is 26.7 Å². The molecule has 0 rings (SSSR count). The van der Waals surface area contributed by atoms with Crippen LogP contribution >= 0.6 is 0 Å². The minimum absolute atomic E-state index is 0.0977. The second kappa shape index (κ2) is 7.92. The zero-order valence-corrected chi connectivity index (χ0v) is 10.5. The van der Waals surface area contributed by atoms with Gasteiger partial charge in [0.15, 0.2) is 0 Å². The Labute approximate surface area is 95.9 Å². The van der Waals surface area contributed by atoms with Crippen molar-refractivity contribution in [2.75, 3.05) is 18.8 Å². The van der Waals surface area contributed by atoms with E-state index in [0.29, 0.717) is 18.9 Å². The smallest absolute Gasteiger partial charge is 0.251 e. The second-order valence-corrected chi connectivity index (χ2v) is 5.80. The highest BCUT2D eigenvalue weighted by molar-refractivity contribution is 7.89. The lowest BCUT2D eigenvalue weighted by Gasteiger charge is -2.08. The molecule has 0 saturated carbocycles. The van der Waals surface area contributed by atoms with Crippen molar-refractivity contribution >= 4 is 10.0 Å². The van der Waals surface area contributed by atoms with Crippen LogP contribution in [0.4, 0.5) is 8.78 Å². The Morgan fingerprint density at radius 1 is 1.19 bits per heavy atom. The van der Waals surface area contributed by atoms with Gasteiger partial charge in [-0.2, -0.15) is 0 Å². The van der Waals surface area contributed by atoms with E-state index >= 15 is 0 Å². The second-order valence-electron chi connectivity index (χ2n) is 3.87. The number of rotatable bonds is 9. The highest BCUT2D eigenvalue weighted by atomic mass is 32.2. The Balaban J connectivity index is 3.59. The van der Waals surface area contributed by atoms with E-state index in [-0.39, 0.29) is 5.75 Å². The third-order valence-electron chi connectivity index (χ3n) is 1.85. The zero-order chi connectivity index (χ0) is 12.6. The molecular weight excluding hydrogens is 238 g/mol. The molecule has 4 nitrogen and oxygen atoms in total. The third kappa shape index (κ3) is 10.3. The summed E-state index contributed by atoms with van der Waals surface area (Å²) in [5.41, 5.74) is 0. The summed E-state index contributed by atoms with van der Waals surface area (Å²) in [6, 6.07) is 0.369. The Kier molecular flexibility index (Phi) is 7.78. The van der Waals surface area contributed by atoms with Gasteiger partial charge in [0, 0.05) is 6.04 Å². The molecule has 0 atom stereocenters. The number of alkyl halides is 2. The predicted molar refractivity (Wildman–Crippen MR) is 60.2 cm³/mol. The first-order chi connectivity index (χ1) is 7.33. The largest absolute Gasteiger partial charge is 0.315 e. The molecule has 0 aromatic heterocycles. The number of sulfonamides is 1. The van der Waals surface area contributed by atoms with Gasteiger partial charge in [-0.25, -0.2) is 21.9 Å². The number of nitrogens with one attached hydrogen (secondary N) is 2. The van der Waals surface area contributed by atoms with Crippen LogP contribution in [-0.2, 0) is 10.0 Å². The van der Waals surface area contributed by atoms with Gasteiger partial charge in [0.05, 0.1) is 12.3 Å². The predicted octanol–water partition coefficient (Wildman–Crippen LogP) is 0.949. The molecule has 0 amide bonds. The zero-order valence-electron chi connectivity index (χ0n) is 9.67. The number of unbranched alkanes of at least 4 members (excludes halogenated alkanes) is 1. The highest BCUT2D eigenvalue weighted by Gasteiger charge is 2.12. The average Bonchev–Trinajstić information content (AvgIpc) is 2.14. The summed E-state index contributed by atoms with van der Waals surface area (Å²) in [6.07, 6.45) is -1.45. The van der Waals surface area contributed by atoms with Crippen LogP contribution in [-0.4, -0.2) is 39.7 Å². The lowest BCUT2D eigenvalue weighted by Crippen LogP contribution is -2.31. The summed E-state index contributed by atoms with van der Waals surface area (Å²) in [4.78, 5) is 0. The van der Waals surface area contributed by atoms with E-state index in [2.05, 4.69) is 5.32 Å². The fraction of sp³-hybridized carbons (Fsp3) is 1.00. The van der Waals surface area contributed by atoms with Crippen molar-refractivity contribution in [2.24, 2.45) is 0 Å². The first-order valence-electron chi connectivity index (χ1n) is 5.32. The number of hydrogen-bond acceptors (Lipinski definition) is 3. The normalized spacial score (nSPS) is 12.6. The van der Waals surface area contributed by atoms with Crippen LogP contribution in [0.25, 0.3) is 0 Å². The molecule has 0 spiro atoms. The van der Waals surface area contributed by atoms with E-state index in [4.69, 9.17) is 0 Å². The van der Waals surface area contributed by atoms with Crippen molar-refractivity contribution in [1.82, 2.24) is 10.0 Å². The van der Waals surface area contributed by atoms with Gasteiger partial charge in [0.1, 0.15) is 0 Å². The summed E-state index contributed by atoms with van der Waals surface area (Å²) in [7, 11) is -3.54. The number of hydrogen-bond donors (Lipinski definition) is 2. The molecule has 0 fully saturated rings. The molecule has 0 aliphatic heterocycles. The van der Waals surface area contributed by atoms with Gasteiger partial charge < -0.3 is 5.32 Å². The lowest BCUT2D eigenvalue weighted by atomic mass is 10.3. The quantitative estimate of drug-likeness (QED) is 0.605. The topological polar surface area (TPSA) is 58.2 Å². The fourth-order valence-electron chi connectivity index (χ4n) is 1.07. The van der Waals surface area contributed by atoms with Gasteiger partial charge in [-0.1, -0.05) is 13.8 Å². The van der Waals surface area contributed by atoms with Crippen molar-refractivity contribution in [2.45, 2.75) is 39.2 Å². The molecule has 0 bridgehead atoms. The molecule has 0 unspecified atom stereocenters. The van der Waals surface area contributed by atoms with Gasteiger partial charge in [-0.15, -0.1) is 0 Å². The van der Waals surface area contributed by atoms with E-state index < -0.39 is 23.0 Å². The molecule has 0 heterocycles. The van der Waals surface area contributed by atoms with Crippen LogP contribution in [0.2, 0.25) is 0 Å². The first kappa shape index (κ1) is 15.7. The summed E-state index contributed by atoms with van der Waals surface area (Å²) in [5.74, 6) is -0.0977. The lowest BCUT2D eigenvalue weighted by molar-refractivity contribution is 0.153. The monoisotopic (exact) mass is 258 g/mol. The van der Waals surface area contributed by atoms with Gasteiger partial charge >= 0.3 is 0 Å². The van der Waals surface area contributed by atoms with Crippen molar-refractivity contribution in [1.29, 1.82) is 0 Å². The fourth-order valence-corrected chi connectivity index (χ4v) is 2.18. The minimum atomic E-state index is -3.54. The van der Waals surface area contributed by atoms with Crippen molar-refractivity contribution in [3.05, 3.63) is 0 Å². The van der Waals surface area contributed by atoms with Gasteiger partial charge in [0.25, 0.3) is 6.43 Å². The molecular formula is C9H20F2N2O2S. The Morgan fingerprint density at radius 3 is 2.31 bits per heavy atom. The minimum Gasteiger partial charge on any atom is -0.315 e. The first-order valence-corrected chi connectivity index (χ1v) is 6.97. The van der Waals surface area contributed by atoms with Crippen molar-refractivity contribution < 1.29 is 17.2 Å². The van der Waals surface area contributed by atoms with Crippen LogP contribution in [0, 0.1) is 0 Å². The molecule has 0 aliphatic carbocycles. The standard InChI is InChI=1S/C9H20F2N2O2S/c1-8(2)12-5-3-4-6-16(14,15)13-7-9(10)11/h8-9,12-13H,3-7H2,1-2H3. The van der Waals surface area contributed by atoms with Crippen molar-refractivity contribution in [3.8, 4) is 0 Å². The third-order valence-corrected chi connectivity index (χ3v) is 3.28. The van der Waals surface area contributed by atoms with Crippen LogP contribution in [0.5, 0.6) is 0 Å². The molecule has 0 aliphatic rings. The maximum absolute atomic E-state index is 11.8. The van der Waals surface area contributed by atoms with Crippen molar-refractivity contribution in [3.63, 3.8) is 0 Å². The van der Waals surface area contributed by atoms with E-state index in [1.807, 2.05) is 18.6 Å². The van der Waals surface area contributed by atoms with Gasteiger partial charge in [0.2, 0.25) is 10.0 Å². The van der Waals surface area contributed by atoms with E-state index in [1.165, 1.54) is 0 Å². The SMILES string of the molecule is CC(C)NCCCCS(=O)(=O)NCC(F)F. The Hall–Kier alpha value is -0.270. The molecule has 16 heavy (non-hydrogen) atoms. The van der Waals surface area contributed by atoms with Crippen LogP contribution in [0.3, 0.4) is 0 Å². The summed E-state index contributed by atoms with van der Waals surface area (Å²) < 4.78 is 47.7. The molecule has 0 radical (unpaired) electrons. The summed E-state index contributed by atoms with van der Waals surface area (Å²) >= 11 is 0. The summed E-state index contributed by atoms with van der Waals surface area (Å²) in [6.45, 7) is 3.94. The van der Waals surface area contributed by atoms with Crippen LogP contribution < -0.4 is 10.0 Å². The van der Waals surface area contributed by atoms with E-state index in [1.54, 1.807) is 0 Å². The van der Waals surface area contributed by atoms with E-state index in [0.717, 1.165) is 6.54 Å².